The van der Waals surface area contributed by atoms with Gasteiger partial charge in [-0.05, 0) is 117 Å². The molecular formula is C39H36F6N2O5. The van der Waals surface area contributed by atoms with E-state index in [2.05, 4.69) is 5.32 Å². The summed E-state index contributed by atoms with van der Waals surface area (Å²) in [5.41, 5.74) is -5.86. The van der Waals surface area contributed by atoms with Crippen molar-refractivity contribution in [3.63, 3.8) is 0 Å². The Balaban J connectivity index is 0.00000195. The highest BCUT2D eigenvalue weighted by molar-refractivity contribution is 5.77. The first-order valence-corrected chi connectivity index (χ1v) is 15.7. The molecule has 0 amide bonds. The Morgan fingerprint density at radius 2 is 0.923 bits per heavy atom. The molecule has 0 saturated carbocycles. The van der Waals surface area contributed by atoms with Crippen molar-refractivity contribution in [1.82, 2.24) is 5.32 Å². The van der Waals surface area contributed by atoms with Crippen LogP contribution in [-0.4, -0.2) is 42.8 Å². The summed E-state index contributed by atoms with van der Waals surface area (Å²) >= 11 is 0. The first kappa shape index (κ1) is 39.3. The van der Waals surface area contributed by atoms with Crippen molar-refractivity contribution >= 4 is 23.2 Å². The second kappa shape index (κ2) is 15.8. The van der Waals surface area contributed by atoms with E-state index in [4.69, 9.17) is 9.47 Å². The molecule has 0 atom stereocenters. The number of alkyl halides is 6. The van der Waals surface area contributed by atoms with E-state index in [1.807, 2.05) is 49.3 Å². The number of nitrogens with one attached hydrogen (secondary N) is 1. The Morgan fingerprint density at radius 3 is 1.33 bits per heavy atom. The van der Waals surface area contributed by atoms with Gasteiger partial charge >= 0.3 is 18.5 Å². The van der Waals surface area contributed by atoms with Gasteiger partial charge in [0.05, 0.1) is 5.60 Å². The van der Waals surface area contributed by atoms with Crippen molar-refractivity contribution in [1.29, 1.82) is 0 Å². The number of carbonyl (C=O) groups excluding carboxylic acids is 1. The molecule has 5 aromatic carbocycles. The molecule has 0 heterocycles. The van der Waals surface area contributed by atoms with E-state index in [9.17, 15) is 41.4 Å². The molecule has 0 aliphatic carbocycles. The van der Waals surface area contributed by atoms with E-state index in [0.717, 1.165) is 35.6 Å². The molecular weight excluding hydrogens is 690 g/mol. The van der Waals surface area contributed by atoms with Gasteiger partial charge < -0.3 is 29.9 Å². The molecule has 0 radical (unpaired) electrons. The summed E-state index contributed by atoms with van der Waals surface area (Å²) < 4.78 is 97.4. The van der Waals surface area contributed by atoms with E-state index in [1.54, 1.807) is 24.3 Å². The number of hydrogen-bond acceptors (Lipinski definition) is 7. The summed E-state index contributed by atoms with van der Waals surface area (Å²) in [6, 6.07) is 28.3. The monoisotopic (exact) mass is 726 g/mol. The van der Waals surface area contributed by atoms with Gasteiger partial charge in [-0.15, -0.1) is 0 Å². The van der Waals surface area contributed by atoms with Crippen molar-refractivity contribution in [3.05, 3.63) is 144 Å². The molecule has 0 unspecified atom stereocenters. The molecule has 7 nitrogen and oxygen atoms in total. The predicted molar refractivity (Wildman–Crippen MR) is 185 cm³/mol. The number of nitrogens with zero attached hydrogens (tertiary/aromatic N) is 1. The number of phenols is 1. The second-order valence-corrected chi connectivity index (χ2v) is 12.0. The maximum absolute atomic E-state index is 14.5. The minimum Gasteiger partial charge on any atom is -0.508 e. The van der Waals surface area contributed by atoms with Gasteiger partial charge in [-0.2, -0.15) is 26.3 Å². The average molecular weight is 727 g/mol. The molecule has 13 heteroatoms. The molecule has 0 aromatic heterocycles. The molecule has 0 saturated heterocycles. The summed E-state index contributed by atoms with van der Waals surface area (Å²) in [5, 5.41) is 22.6. The van der Waals surface area contributed by atoms with Gasteiger partial charge in [0, 0.05) is 17.1 Å². The van der Waals surface area contributed by atoms with Gasteiger partial charge in [-0.1, -0.05) is 54.6 Å². The summed E-state index contributed by atoms with van der Waals surface area (Å²) in [6.45, 7) is 2.70. The number of carbonyl (C=O) groups is 1. The van der Waals surface area contributed by atoms with Crippen LogP contribution in [-0.2, 0) is 11.0 Å². The van der Waals surface area contributed by atoms with Gasteiger partial charge in [-0.3, -0.25) is 0 Å². The third kappa shape index (κ3) is 8.67. The molecule has 0 bridgehead atoms. The Hall–Kier alpha value is -5.53. The van der Waals surface area contributed by atoms with Crippen LogP contribution in [0.15, 0.2) is 127 Å². The molecule has 5 aromatic rings. The lowest BCUT2D eigenvalue weighted by Gasteiger charge is -2.38. The lowest BCUT2D eigenvalue weighted by atomic mass is 9.72. The van der Waals surface area contributed by atoms with Crippen LogP contribution in [0.5, 0.6) is 17.2 Å². The zero-order valence-corrected chi connectivity index (χ0v) is 28.5. The van der Waals surface area contributed by atoms with Crippen LogP contribution >= 0.6 is 0 Å². The molecule has 52 heavy (non-hydrogen) atoms. The predicted octanol–water partition coefficient (Wildman–Crippen LogP) is 9.91. The molecule has 274 valence electrons. The Kier molecular flexibility index (Phi) is 11.9. The van der Waals surface area contributed by atoms with Crippen LogP contribution < -0.4 is 19.7 Å². The van der Waals surface area contributed by atoms with Gasteiger partial charge in [0.15, 0.2) is 0 Å². The third-order valence-corrected chi connectivity index (χ3v) is 7.78. The fourth-order valence-electron chi connectivity index (χ4n) is 5.39. The number of benzene rings is 5. The highest BCUT2D eigenvalue weighted by Gasteiger charge is 2.72. The number of anilines is 3. The zero-order chi connectivity index (χ0) is 38.3. The van der Waals surface area contributed by atoms with E-state index in [-0.39, 0.29) is 22.8 Å². The fourth-order valence-corrected chi connectivity index (χ4v) is 5.39. The van der Waals surface area contributed by atoms with Crippen molar-refractivity contribution in [2.24, 2.45) is 0 Å². The van der Waals surface area contributed by atoms with Gasteiger partial charge in [0.1, 0.15) is 17.2 Å². The quantitative estimate of drug-likeness (QED) is 0.0833. The number of aliphatic hydroxyl groups is 1. The third-order valence-electron chi connectivity index (χ3n) is 7.78. The molecule has 0 fully saturated rings. The van der Waals surface area contributed by atoms with Gasteiger partial charge in [-0.25, -0.2) is 4.79 Å². The van der Waals surface area contributed by atoms with Gasteiger partial charge in [0.25, 0.3) is 0 Å². The summed E-state index contributed by atoms with van der Waals surface area (Å²) in [7, 11) is 3.75. The number of para-hydroxylation sites is 1. The van der Waals surface area contributed by atoms with Crippen LogP contribution in [0.1, 0.15) is 30.5 Å². The van der Waals surface area contributed by atoms with Crippen LogP contribution in [0.25, 0.3) is 0 Å². The maximum Gasteiger partial charge on any atom is 0.519 e. The van der Waals surface area contributed by atoms with Crippen molar-refractivity contribution in [2.75, 3.05) is 19.0 Å². The standard InChI is InChI=1S/C37H29F6NO5.C2H7N/c1-34(2,47)24-8-10-25(11-9-24)35(36(38,39)40,37(41,42)43)26-12-20-31(21-13-26)48-33(46)49-32-22-16-29(17-23-32)44(27-6-4-3-5-7-27)28-14-18-30(45)19-15-28;1-3-2/h3-23,45,47H,1-2H3;3H,1-2H3. The smallest absolute Gasteiger partial charge is 0.508 e. The fraction of sp³-hybridized carbons (Fsp3) is 0.205. The topological polar surface area (TPSA) is 91.3 Å². The number of phenolic OH excluding ortho intramolecular Hbond substituents is 1. The first-order valence-electron chi connectivity index (χ1n) is 15.7. The second-order valence-electron chi connectivity index (χ2n) is 12.0. The normalized spacial score (nSPS) is 12.0. The lowest BCUT2D eigenvalue weighted by molar-refractivity contribution is -0.288. The average Bonchev–Trinajstić information content (AvgIpc) is 3.07. The SMILES string of the molecule is CC(C)(O)c1ccc(C(c2ccc(OC(=O)Oc3ccc(N(c4ccccc4)c4ccc(O)cc4)cc3)cc2)(C(F)(F)F)C(F)(F)F)cc1.CNC. The lowest BCUT2D eigenvalue weighted by Crippen LogP contribution is -2.54. The van der Waals surface area contributed by atoms with E-state index in [0.29, 0.717) is 30.0 Å². The van der Waals surface area contributed by atoms with E-state index >= 15 is 0 Å². The number of ether oxygens (including phenoxy) is 2. The maximum atomic E-state index is 14.5. The number of aromatic hydroxyl groups is 1. The number of hydrogen-bond donors (Lipinski definition) is 3. The van der Waals surface area contributed by atoms with E-state index < -0.39 is 40.7 Å². The highest BCUT2D eigenvalue weighted by atomic mass is 19.4. The van der Waals surface area contributed by atoms with Crippen molar-refractivity contribution in [2.45, 2.75) is 37.2 Å². The molecule has 0 aliphatic heterocycles. The number of halogens is 6. The minimum atomic E-state index is -5.83. The van der Waals surface area contributed by atoms with Crippen molar-refractivity contribution < 1.29 is 50.8 Å². The largest absolute Gasteiger partial charge is 0.519 e. The summed E-state index contributed by atoms with van der Waals surface area (Å²) in [4.78, 5) is 14.4. The minimum absolute atomic E-state index is 0.0479. The summed E-state index contributed by atoms with van der Waals surface area (Å²) in [6.07, 6.45) is -12.9. The van der Waals surface area contributed by atoms with Crippen LogP contribution in [0.4, 0.5) is 48.2 Å². The van der Waals surface area contributed by atoms with Gasteiger partial charge in [0.2, 0.25) is 5.41 Å². The Bertz CT molecular complexity index is 1880. The Labute approximate surface area is 296 Å². The van der Waals surface area contributed by atoms with E-state index in [1.165, 1.54) is 38.1 Å². The number of rotatable bonds is 8. The Morgan fingerprint density at radius 1 is 0.577 bits per heavy atom. The molecule has 3 N–H and O–H groups in total. The first-order chi connectivity index (χ1) is 24.4. The van der Waals surface area contributed by atoms with Crippen LogP contribution in [0, 0.1) is 0 Å². The zero-order valence-electron chi connectivity index (χ0n) is 28.5. The van der Waals surface area contributed by atoms with Crippen molar-refractivity contribution in [3.8, 4) is 17.2 Å². The molecule has 5 rings (SSSR count). The summed E-state index contributed by atoms with van der Waals surface area (Å²) in [5.74, 6) is -0.221. The molecule has 0 aliphatic rings. The van der Waals surface area contributed by atoms with Crippen LogP contribution in [0.2, 0.25) is 0 Å². The van der Waals surface area contributed by atoms with Crippen LogP contribution in [0.3, 0.4) is 0 Å². The highest BCUT2D eigenvalue weighted by Crippen LogP contribution is 2.56. The molecule has 0 spiro atoms.